The number of ether oxygens (including phenoxy) is 1. The summed E-state index contributed by atoms with van der Waals surface area (Å²) < 4.78 is 5.57. The van der Waals surface area contributed by atoms with E-state index in [2.05, 4.69) is 5.32 Å². The van der Waals surface area contributed by atoms with E-state index in [1.165, 1.54) is 0 Å². The molecular weight excluding hydrogens is 302 g/mol. The standard InChI is InChI=1S/C20H25NO3/c1-15(2)24-14-16-8-7-11-18(12-16)21-19(22)13-20(3,23)17-9-5-4-6-10-17/h4-12,15,23H,13-14H2,1-3H3,(H,21,22). The predicted octanol–water partition coefficient (Wildman–Crippen LogP) is 3.85. The lowest BCUT2D eigenvalue weighted by Gasteiger charge is -2.23. The summed E-state index contributed by atoms with van der Waals surface area (Å²) in [4.78, 5) is 12.3. The van der Waals surface area contributed by atoms with Crippen molar-refractivity contribution in [3.8, 4) is 0 Å². The average molecular weight is 327 g/mol. The summed E-state index contributed by atoms with van der Waals surface area (Å²) >= 11 is 0. The van der Waals surface area contributed by atoms with Crippen molar-refractivity contribution in [2.24, 2.45) is 0 Å². The number of rotatable bonds is 7. The van der Waals surface area contributed by atoms with Crippen molar-refractivity contribution in [3.63, 3.8) is 0 Å². The number of anilines is 1. The minimum Gasteiger partial charge on any atom is -0.385 e. The third-order valence-electron chi connectivity index (χ3n) is 3.69. The molecule has 1 atom stereocenters. The molecule has 2 aromatic rings. The van der Waals surface area contributed by atoms with Gasteiger partial charge in [-0.1, -0.05) is 42.5 Å². The highest BCUT2D eigenvalue weighted by atomic mass is 16.5. The number of carbonyl (C=O) groups is 1. The van der Waals surface area contributed by atoms with Crippen LogP contribution < -0.4 is 5.32 Å². The Labute approximate surface area is 143 Å². The van der Waals surface area contributed by atoms with Crippen LogP contribution in [0.3, 0.4) is 0 Å². The van der Waals surface area contributed by atoms with Crippen LogP contribution in [0.2, 0.25) is 0 Å². The highest BCUT2D eigenvalue weighted by Gasteiger charge is 2.26. The van der Waals surface area contributed by atoms with Crippen LogP contribution in [-0.4, -0.2) is 17.1 Å². The SMILES string of the molecule is CC(C)OCc1cccc(NC(=O)CC(C)(O)c2ccccc2)c1. The minimum atomic E-state index is -1.20. The minimum absolute atomic E-state index is 0.0102. The third-order valence-corrected chi connectivity index (χ3v) is 3.69. The maximum absolute atomic E-state index is 12.3. The Kier molecular flexibility index (Phi) is 6.12. The van der Waals surface area contributed by atoms with Gasteiger partial charge in [-0.2, -0.15) is 0 Å². The highest BCUT2D eigenvalue weighted by molar-refractivity contribution is 5.91. The summed E-state index contributed by atoms with van der Waals surface area (Å²) in [5, 5.41) is 13.4. The van der Waals surface area contributed by atoms with Crippen molar-refractivity contribution in [1.82, 2.24) is 0 Å². The van der Waals surface area contributed by atoms with Crippen molar-refractivity contribution in [2.45, 2.75) is 45.5 Å². The quantitative estimate of drug-likeness (QED) is 0.812. The molecule has 0 fully saturated rings. The maximum atomic E-state index is 12.3. The molecule has 0 spiro atoms. The van der Waals surface area contributed by atoms with Gasteiger partial charge in [0.2, 0.25) is 5.91 Å². The first-order valence-corrected chi connectivity index (χ1v) is 8.15. The molecule has 4 heteroatoms. The van der Waals surface area contributed by atoms with E-state index in [-0.39, 0.29) is 18.4 Å². The van der Waals surface area contributed by atoms with Crippen molar-refractivity contribution in [3.05, 3.63) is 65.7 Å². The lowest BCUT2D eigenvalue weighted by Crippen LogP contribution is -2.28. The third kappa shape index (κ3) is 5.48. The van der Waals surface area contributed by atoms with Gasteiger partial charge < -0.3 is 15.2 Å². The Balaban J connectivity index is 1.98. The Morgan fingerprint density at radius 2 is 1.88 bits per heavy atom. The average Bonchev–Trinajstić information content (AvgIpc) is 2.53. The van der Waals surface area contributed by atoms with Gasteiger partial charge in [-0.05, 0) is 44.0 Å². The number of benzene rings is 2. The second kappa shape index (κ2) is 8.08. The van der Waals surface area contributed by atoms with Crippen LogP contribution in [0.5, 0.6) is 0 Å². The molecule has 0 radical (unpaired) electrons. The Morgan fingerprint density at radius 1 is 1.17 bits per heavy atom. The molecule has 0 saturated heterocycles. The Hall–Kier alpha value is -2.17. The second-order valence-corrected chi connectivity index (χ2v) is 6.42. The van der Waals surface area contributed by atoms with E-state index in [4.69, 9.17) is 4.74 Å². The van der Waals surface area contributed by atoms with Gasteiger partial charge in [0.1, 0.15) is 0 Å². The zero-order chi connectivity index (χ0) is 17.6. The van der Waals surface area contributed by atoms with E-state index in [0.29, 0.717) is 12.3 Å². The maximum Gasteiger partial charge on any atom is 0.227 e. The van der Waals surface area contributed by atoms with Crippen LogP contribution in [0.4, 0.5) is 5.69 Å². The van der Waals surface area contributed by atoms with E-state index >= 15 is 0 Å². The molecule has 0 aliphatic carbocycles. The molecule has 0 aliphatic rings. The van der Waals surface area contributed by atoms with Gasteiger partial charge in [0, 0.05) is 5.69 Å². The Bertz CT molecular complexity index is 666. The van der Waals surface area contributed by atoms with Gasteiger partial charge in [-0.3, -0.25) is 4.79 Å². The van der Waals surface area contributed by atoms with Crippen molar-refractivity contribution in [1.29, 1.82) is 0 Å². The molecule has 0 saturated carbocycles. The van der Waals surface area contributed by atoms with Crippen molar-refractivity contribution < 1.29 is 14.6 Å². The molecule has 0 aromatic heterocycles. The number of aliphatic hydroxyl groups is 1. The monoisotopic (exact) mass is 327 g/mol. The molecule has 2 aromatic carbocycles. The zero-order valence-electron chi connectivity index (χ0n) is 14.5. The molecule has 0 bridgehead atoms. The van der Waals surface area contributed by atoms with Crippen molar-refractivity contribution in [2.75, 3.05) is 5.32 Å². The molecule has 4 nitrogen and oxygen atoms in total. The molecule has 0 heterocycles. The van der Waals surface area contributed by atoms with Crippen LogP contribution in [0.15, 0.2) is 54.6 Å². The summed E-state index contributed by atoms with van der Waals surface area (Å²) in [6.45, 7) is 6.12. The Morgan fingerprint density at radius 3 is 2.54 bits per heavy atom. The first-order chi connectivity index (χ1) is 11.4. The molecule has 2 rings (SSSR count). The van der Waals surface area contributed by atoms with Crippen LogP contribution in [0.25, 0.3) is 0 Å². The zero-order valence-corrected chi connectivity index (χ0v) is 14.5. The highest BCUT2D eigenvalue weighted by Crippen LogP contribution is 2.25. The fourth-order valence-electron chi connectivity index (χ4n) is 2.42. The fraction of sp³-hybridized carbons (Fsp3) is 0.350. The van der Waals surface area contributed by atoms with Gasteiger partial charge in [0.05, 0.1) is 24.7 Å². The van der Waals surface area contributed by atoms with Crippen LogP contribution in [0.1, 0.15) is 38.3 Å². The lowest BCUT2D eigenvalue weighted by atomic mass is 9.92. The fourth-order valence-corrected chi connectivity index (χ4v) is 2.42. The van der Waals surface area contributed by atoms with E-state index in [1.807, 2.05) is 68.4 Å². The molecule has 24 heavy (non-hydrogen) atoms. The van der Waals surface area contributed by atoms with E-state index in [0.717, 1.165) is 11.1 Å². The van der Waals surface area contributed by atoms with Gasteiger partial charge in [-0.25, -0.2) is 0 Å². The summed E-state index contributed by atoms with van der Waals surface area (Å²) in [7, 11) is 0. The number of carbonyl (C=O) groups excluding carboxylic acids is 1. The van der Waals surface area contributed by atoms with E-state index in [9.17, 15) is 9.90 Å². The molecule has 2 N–H and O–H groups in total. The van der Waals surface area contributed by atoms with Gasteiger partial charge in [-0.15, -0.1) is 0 Å². The largest absolute Gasteiger partial charge is 0.385 e. The number of amides is 1. The summed E-state index contributed by atoms with van der Waals surface area (Å²) in [6.07, 6.45) is 0.146. The smallest absolute Gasteiger partial charge is 0.227 e. The summed E-state index contributed by atoms with van der Waals surface area (Å²) in [5.41, 5.74) is 1.22. The molecule has 128 valence electrons. The van der Waals surface area contributed by atoms with Crippen LogP contribution in [-0.2, 0) is 21.7 Å². The number of hydrogen-bond donors (Lipinski definition) is 2. The van der Waals surface area contributed by atoms with Gasteiger partial charge in [0.15, 0.2) is 0 Å². The molecule has 0 aliphatic heterocycles. The van der Waals surface area contributed by atoms with Gasteiger partial charge in [0.25, 0.3) is 0 Å². The van der Waals surface area contributed by atoms with Crippen molar-refractivity contribution >= 4 is 11.6 Å². The predicted molar refractivity (Wildman–Crippen MR) is 95.6 cm³/mol. The van der Waals surface area contributed by atoms with E-state index < -0.39 is 5.60 Å². The summed E-state index contributed by atoms with van der Waals surface area (Å²) in [6, 6.07) is 16.8. The molecular formula is C20H25NO3. The van der Waals surface area contributed by atoms with Crippen LogP contribution in [0, 0.1) is 0 Å². The van der Waals surface area contributed by atoms with E-state index in [1.54, 1.807) is 6.92 Å². The number of nitrogens with one attached hydrogen (secondary N) is 1. The topological polar surface area (TPSA) is 58.6 Å². The number of hydrogen-bond acceptors (Lipinski definition) is 3. The van der Waals surface area contributed by atoms with Gasteiger partial charge >= 0.3 is 0 Å². The molecule has 1 amide bonds. The van der Waals surface area contributed by atoms with Crippen LogP contribution >= 0.6 is 0 Å². The molecule has 1 unspecified atom stereocenters. The first-order valence-electron chi connectivity index (χ1n) is 8.15. The normalized spacial score (nSPS) is 13.5. The second-order valence-electron chi connectivity index (χ2n) is 6.42. The lowest BCUT2D eigenvalue weighted by molar-refractivity contribution is -0.120. The first kappa shape index (κ1) is 18.2. The summed E-state index contributed by atoms with van der Waals surface area (Å²) in [5.74, 6) is -0.231.